The van der Waals surface area contributed by atoms with Gasteiger partial charge in [-0.25, -0.2) is 0 Å². The molecule has 0 saturated carbocycles. The van der Waals surface area contributed by atoms with E-state index in [1.807, 2.05) is 36.4 Å². The maximum Gasteiger partial charge on any atom is 0.145 e. The van der Waals surface area contributed by atoms with Gasteiger partial charge in [-0.1, -0.05) is 48.0 Å². The lowest BCUT2D eigenvalue weighted by atomic mass is 10.0. The van der Waals surface area contributed by atoms with Crippen molar-refractivity contribution in [3.05, 3.63) is 71.1 Å². The van der Waals surface area contributed by atoms with Crippen LogP contribution in [0.1, 0.15) is 0 Å². The van der Waals surface area contributed by atoms with Gasteiger partial charge < -0.3 is 4.42 Å². The number of furan rings is 1. The third kappa shape index (κ3) is 2.27. The lowest BCUT2D eigenvalue weighted by Gasteiger charge is -2.03. The Balaban J connectivity index is 1.94. The molecular weight excluding hydrogens is 300 g/mol. The Morgan fingerprint density at radius 3 is 2.62 bits per heavy atom. The normalized spacial score (nSPS) is 11.1. The topological polar surface area (TPSA) is 13.1 Å². The molecule has 1 nitrogen and oxygen atoms in total. The smallest absolute Gasteiger partial charge is 0.145 e. The second-order valence-corrected chi connectivity index (χ2v) is 6.21. The average molecular weight is 311 g/mol. The molecule has 0 radical (unpaired) electrons. The minimum atomic E-state index is 0.731. The quantitative estimate of drug-likeness (QED) is 0.413. The minimum absolute atomic E-state index is 0.731. The zero-order chi connectivity index (χ0) is 14.2. The van der Waals surface area contributed by atoms with Gasteiger partial charge in [0.05, 0.1) is 4.88 Å². The van der Waals surface area contributed by atoms with Crippen LogP contribution in [0, 0.1) is 0 Å². The van der Waals surface area contributed by atoms with E-state index < -0.39 is 0 Å². The molecule has 2 heterocycles. The van der Waals surface area contributed by atoms with Gasteiger partial charge in [-0.15, -0.1) is 11.3 Å². The molecular formula is C18H11ClOS. The Kier molecular flexibility index (Phi) is 3.06. The van der Waals surface area contributed by atoms with Crippen molar-refractivity contribution in [2.75, 3.05) is 0 Å². The van der Waals surface area contributed by atoms with Crippen LogP contribution >= 0.6 is 22.9 Å². The number of fused-ring (bicyclic) bond motifs is 1. The summed E-state index contributed by atoms with van der Waals surface area (Å²) in [6.45, 7) is 0. The maximum atomic E-state index is 6.11. The average Bonchev–Trinajstić information content (AvgIpc) is 3.15. The van der Waals surface area contributed by atoms with Gasteiger partial charge in [0, 0.05) is 16.0 Å². The largest absolute Gasteiger partial charge is 0.455 e. The summed E-state index contributed by atoms with van der Waals surface area (Å²) in [7, 11) is 0. The van der Waals surface area contributed by atoms with Gasteiger partial charge in [0.15, 0.2) is 0 Å². The Morgan fingerprint density at radius 1 is 0.905 bits per heavy atom. The first-order chi connectivity index (χ1) is 10.3. The molecule has 2 aromatic carbocycles. The van der Waals surface area contributed by atoms with Gasteiger partial charge in [0.25, 0.3) is 0 Å². The van der Waals surface area contributed by atoms with Gasteiger partial charge in [-0.3, -0.25) is 0 Å². The molecule has 0 saturated heterocycles. The predicted molar refractivity (Wildman–Crippen MR) is 90.0 cm³/mol. The number of hydrogen-bond donors (Lipinski definition) is 0. The maximum absolute atomic E-state index is 6.11. The van der Waals surface area contributed by atoms with E-state index in [-0.39, 0.29) is 0 Å². The van der Waals surface area contributed by atoms with Gasteiger partial charge in [0.1, 0.15) is 11.3 Å². The molecule has 4 rings (SSSR count). The van der Waals surface area contributed by atoms with Gasteiger partial charge in [-0.2, -0.15) is 0 Å². The molecule has 0 atom stereocenters. The lowest BCUT2D eigenvalue weighted by Crippen LogP contribution is -1.78. The van der Waals surface area contributed by atoms with Crippen molar-refractivity contribution in [2.45, 2.75) is 0 Å². The second-order valence-electron chi connectivity index (χ2n) is 4.82. The van der Waals surface area contributed by atoms with Crippen LogP contribution in [0.3, 0.4) is 0 Å². The van der Waals surface area contributed by atoms with Crippen molar-refractivity contribution in [3.63, 3.8) is 0 Å². The molecule has 0 fully saturated rings. The van der Waals surface area contributed by atoms with E-state index in [9.17, 15) is 0 Å². The van der Waals surface area contributed by atoms with E-state index in [2.05, 4.69) is 29.6 Å². The van der Waals surface area contributed by atoms with Crippen LogP contribution in [0.4, 0.5) is 0 Å². The van der Waals surface area contributed by atoms with E-state index in [4.69, 9.17) is 16.0 Å². The Labute approximate surface area is 131 Å². The SMILES string of the molecule is Clc1cccc(-c2cccc3cc(-c4cccs4)oc23)c1. The van der Waals surface area contributed by atoms with E-state index in [1.165, 1.54) is 0 Å². The molecule has 21 heavy (non-hydrogen) atoms. The summed E-state index contributed by atoms with van der Waals surface area (Å²) in [5.74, 6) is 0.912. The van der Waals surface area contributed by atoms with Crippen molar-refractivity contribution in [1.29, 1.82) is 0 Å². The number of hydrogen-bond acceptors (Lipinski definition) is 2. The monoisotopic (exact) mass is 310 g/mol. The molecule has 4 aromatic rings. The highest BCUT2D eigenvalue weighted by atomic mass is 35.5. The predicted octanol–water partition coefficient (Wildman–Crippen LogP) is 6.48. The summed E-state index contributed by atoms with van der Waals surface area (Å²) >= 11 is 7.78. The zero-order valence-electron chi connectivity index (χ0n) is 11.0. The number of benzene rings is 2. The Hall–Kier alpha value is -2.03. The van der Waals surface area contributed by atoms with Crippen molar-refractivity contribution in [1.82, 2.24) is 0 Å². The van der Waals surface area contributed by atoms with Crippen molar-refractivity contribution in [3.8, 4) is 21.8 Å². The minimum Gasteiger partial charge on any atom is -0.455 e. The molecule has 0 aliphatic rings. The standard InChI is InChI=1S/C18H11ClOS/c19-14-6-1-4-12(10-14)15-7-2-5-13-11-16(20-18(13)15)17-8-3-9-21-17/h1-11H. The first-order valence-electron chi connectivity index (χ1n) is 6.64. The first-order valence-corrected chi connectivity index (χ1v) is 7.89. The highest BCUT2D eigenvalue weighted by Gasteiger charge is 2.11. The molecule has 0 amide bonds. The summed E-state index contributed by atoms with van der Waals surface area (Å²) in [4.78, 5) is 1.14. The fourth-order valence-electron chi connectivity index (χ4n) is 2.49. The molecule has 0 bridgehead atoms. The van der Waals surface area contributed by atoms with Crippen LogP contribution in [0.5, 0.6) is 0 Å². The summed E-state index contributed by atoms with van der Waals surface area (Å²) < 4.78 is 6.11. The second kappa shape index (κ2) is 5.06. The van der Waals surface area contributed by atoms with Gasteiger partial charge in [-0.05, 0) is 35.2 Å². The van der Waals surface area contributed by atoms with Gasteiger partial charge in [0.2, 0.25) is 0 Å². The van der Waals surface area contributed by atoms with Crippen molar-refractivity contribution >= 4 is 33.9 Å². The van der Waals surface area contributed by atoms with Crippen LogP contribution in [0.15, 0.2) is 70.5 Å². The van der Waals surface area contributed by atoms with Crippen molar-refractivity contribution in [2.24, 2.45) is 0 Å². The number of halogens is 1. The summed E-state index contributed by atoms with van der Waals surface area (Å²) in [6.07, 6.45) is 0. The summed E-state index contributed by atoms with van der Waals surface area (Å²) in [5, 5.41) is 3.89. The number of rotatable bonds is 2. The van der Waals surface area contributed by atoms with Crippen LogP contribution in [0.25, 0.3) is 32.7 Å². The van der Waals surface area contributed by atoms with Crippen LogP contribution in [-0.2, 0) is 0 Å². The molecule has 3 heteroatoms. The third-order valence-corrected chi connectivity index (χ3v) is 4.56. The molecule has 0 aliphatic carbocycles. The third-order valence-electron chi connectivity index (χ3n) is 3.44. The van der Waals surface area contributed by atoms with E-state index in [1.54, 1.807) is 11.3 Å². The summed E-state index contributed by atoms with van der Waals surface area (Å²) in [5.41, 5.74) is 3.04. The number of thiophene rings is 1. The Morgan fingerprint density at radius 2 is 1.81 bits per heavy atom. The van der Waals surface area contributed by atoms with Crippen LogP contribution in [-0.4, -0.2) is 0 Å². The lowest BCUT2D eigenvalue weighted by molar-refractivity contribution is 0.634. The highest BCUT2D eigenvalue weighted by Crippen LogP contribution is 2.36. The highest BCUT2D eigenvalue weighted by molar-refractivity contribution is 7.13. The zero-order valence-corrected chi connectivity index (χ0v) is 12.6. The molecule has 0 N–H and O–H groups in total. The molecule has 0 aliphatic heterocycles. The van der Waals surface area contributed by atoms with Crippen LogP contribution < -0.4 is 0 Å². The van der Waals surface area contributed by atoms with E-state index >= 15 is 0 Å². The number of para-hydroxylation sites is 1. The molecule has 102 valence electrons. The molecule has 0 spiro atoms. The first kappa shape index (κ1) is 12.7. The van der Waals surface area contributed by atoms with Crippen LogP contribution in [0.2, 0.25) is 5.02 Å². The summed E-state index contributed by atoms with van der Waals surface area (Å²) in [6, 6.07) is 20.2. The molecule has 0 unspecified atom stereocenters. The molecule has 2 aromatic heterocycles. The van der Waals surface area contributed by atoms with Crippen molar-refractivity contribution < 1.29 is 4.42 Å². The van der Waals surface area contributed by atoms with E-state index in [0.29, 0.717) is 0 Å². The fraction of sp³-hybridized carbons (Fsp3) is 0. The van der Waals surface area contributed by atoms with Gasteiger partial charge >= 0.3 is 0 Å². The Bertz CT molecular complexity index is 906. The fourth-order valence-corrected chi connectivity index (χ4v) is 3.35. The van der Waals surface area contributed by atoms with E-state index in [0.717, 1.165) is 37.8 Å².